The zero-order chi connectivity index (χ0) is 16.0. The van der Waals surface area contributed by atoms with Crippen molar-refractivity contribution in [3.63, 3.8) is 0 Å². The van der Waals surface area contributed by atoms with E-state index in [4.69, 9.17) is 0 Å². The molecule has 6 heteroatoms. The maximum atomic E-state index is 12.8. The lowest BCUT2D eigenvalue weighted by molar-refractivity contribution is 0.169. The zero-order valence-corrected chi connectivity index (χ0v) is 12.8. The third-order valence-corrected chi connectivity index (χ3v) is 4.55. The maximum Gasteiger partial charge on any atom is 0.215 e. The molecule has 2 aromatic carbocycles. The Balaban J connectivity index is 1.83. The molecule has 2 N–H and O–H groups in total. The summed E-state index contributed by atoms with van der Waals surface area (Å²) in [4.78, 5) is 0. The summed E-state index contributed by atoms with van der Waals surface area (Å²) in [6.45, 7) is 0.119. The van der Waals surface area contributed by atoms with Crippen molar-refractivity contribution in [2.45, 2.75) is 18.3 Å². The standard InChI is InChI=1S/C16H18FNO3S/c17-15-8-6-14(7-9-15)16(19)10-11-18-22(20,21)12-13-4-2-1-3-5-13/h1-9,16,18-19H,10-12H2. The number of halogens is 1. The van der Waals surface area contributed by atoms with Gasteiger partial charge in [0.15, 0.2) is 0 Å². The summed E-state index contributed by atoms with van der Waals surface area (Å²) in [6.07, 6.45) is -0.611. The molecule has 0 aliphatic rings. The van der Waals surface area contributed by atoms with Gasteiger partial charge in [0, 0.05) is 6.54 Å². The van der Waals surface area contributed by atoms with Crippen LogP contribution in [-0.2, 0) is 15.8 Å². The van der Waals surface area contributed by atoms with E-state index in [9.17, 15) is 17.9 Å². The Kier molecular flexibility index (Phi) is 5.65. The van der Waals surface area contributed by atoms with Gasteiger partial charge in [0.05, 0.1) is 11.9 Å². The van der Waals surface area contributed by atoms with Crippen LogP contribution in [-0.4, -0.2) is 20.1 Å². The molecule has 0 saturated heterocycles. The first kappa shape index (κ1) is 16.6. The van der Waals surface area contributed by atoms with Crippen LogP contribution in [0.5, 0.6) is 0 Å². The number of benzene rings is 2. The van der Waals surface area contributed by atoms with Crippen LogP contribution in [0.25, 0.3) is 0 Å². The Bertz CT molecular complexity index is 687. The van der Waals surface area contributed by atoms with Crippen LogP contribution >= 0.6 is 0 Å². The van der Waals surface area contributed by atoms with Crippen LogP contribution in [0.1, 0.15) is 23.7 Å². The summed E-state index contributed by atoms with van der Waals surface area (Å²) in [5.41, 5.74) is 1.26. The van der Waals surface area contributed by atoms with E-state index in [-0.39, 0.29) is 24.5 Å². The first-order valence-corrected chi connectivity index (χ1v) is 8.56. The van der Waals surface area contributed by atoms with Gasteiger partial charge < -0.3 is 5.11 Å². The van der Waals surface area contributed by atoms with Crippen molar-refractivity contribution in [2.24, 2.45) is 0 Å². The second-order valence-corrected chi connectivity index (χ2v) is 6.80. The number of aliphatic hydroxyl groups excluding tert-OH is 1. The minimum Gasteiger partial charge on any atom is -0.388 e. The van der Waals surface area contributed by atoms with Crippen molar-refractivity contribution in [3.8, 4) is 0 Å². The Labute approximate surface area is 129 Å². The summed E-state index contributed by atoms with van der Waals surface area (Å²) in [5.74, 6) is -0.472. The Morgan fingerprint density at radius 3 is 2.32 bits per heavy atom. The molecule has 0 bridgehead atoms. The highest BCUT2D eigenvalue weighted by Crippen LogP contribution is 2.16. The van der Waals surface area contributed by atoms with Gasteiger partial charge in [0.2, 0.25) is 10.0 Å². The molecular formula is C16H18FNO3S. The quantitative estimate of drug-likeness (QED) is 0.822. The molecule has 0 heterocycles. The molecule has 4 nitrogen and oxygen atoms in total. The molecule has 1 unspecified atom stereocenters. The van der Waals surface area contributed by atoms with Gasteiger partial charge in [-0.15, -0.1) is 0 Å². The molecule has 0 spiro atoms. The van der Waals surface area contributed by atoms with Crippen molar-refractivity contribution in [1.29, 1.82) is 0 Å². The summed E-state index contributed by atoms with van der Waals surface area (Å²) in [5, 5.41) is 9.94. The molecule has 0 radical (unpaired) electrons. The fourth-order valence-electron chi connectivity index (χ4n) is 2.05. The zero-order valence-electron chi connectivity index (χ0n) is 11.9. The SMILES string of the molecule is O=S(=O)(Cc1ccccc1)NCCC(O)c1ccc(F)cc1. The van der Waals surface area contributed by atoms with Crippen LogP contribution in [0.2, 0.25) is 0 Å². The van der Waals surface area contributed by atoms with Crippen molar-refractivity contribution in [2.75, 3.05) is 6.54 Å². The average Bonchev–Trinajstić information content (AvgIpc) is 2.48. The van der Waals surface area contributed by atoms with Gasteiger partial charge in [-0.1, -0.05) is 42.5 Å². The van der Waals surface area contributed by atoms with E-state index >= 15 is 0 Å². The molecule has 22 heavy (non-hydrogen) atoms. The van der Waals surface area contributed by atoms with Crippen LogP contribution in [0.15, 0.2) is 54.6 Å². The third-order valence-electron chi connectivity index (χ3n) is 3.19. The number of nitrogens with one attached hydrogen (secondary N) is 1. The number of sulfonamides is 1. The van der Waals surface area contributed by atoms with E-state index in [0.717, 1.165) is 0 Å². The van der Waals surface area contributed by atoms with Gasteiger partial charge in [-0.25, -0.2) is 17.5 Å². The predicted molar refractivity (Wildman–Crippen MR) is 83.0 cm³/mol. The van der Waals surface area contributed by atoms with Gasteiger partial charge in [-0.3, -0.25) is 0 Å². The molecule has 0 fully saturated rings. The molecule has 0 aromatic heterocycles. The normalized spacial score (nSPS) is 13.0. The van der Waals surface area contributed by atoms with Crippen LogP contribution in [0.4, 0.5) is 4.39 Å². The molecule has 1 atom stereocenters. The van der Waals surface area contributed by atoms with Gasteiger partial charge in [-0.05, 0) is 29.7 Å². The highest BCUT2D eigenvalue weighted by Gasteiger charge is 2.13. The van der Waals surface area contributed by atoms with Crippen LogP contribution in [0.3, 0.4) is 0 Å². The second kappa shape index (κ2) is 7.49. The van der Waals surface area contributed by atoms with Crippen molar-refractivity contribution >= 4 is 10.0 Å². The van der Waals surface area contributed by atoms with Crippen molar-refractivity contribution in [1.82, 2.24) is 4.72 Å². The number of hydrogen-bond donors (Lipinski definition) is 2. The first-order valence-electron chi connectivity index (χ1n) is 6.91. The van der Waals surface area contributed by atoms with Gasteiger partial charge in [0.1, 0.15) is 5.82 Å². The van der Waals surface area contributed by atoms with E-state index in [0.29, 0.717) is 11.1 Å². The van der Waals surface area contributed by atoms with Gasteiger partial charge >= 0.3 is 0 Å². The highest BCUT2D eigenvalue weighted by molar-refractivity contribution is 7.88. The Morgan fingerprint density at radius 1 is 1.05 bits per heavy atom. The van der Waals surface area contributed by atoms with E-state index in [1.54, 1.807) is 24.3 Å². The third kappa shape index (κ3) is 5.22. The lowest BCUT2D eigenvalue weighted by Gasteiger charge is -2.12. The Morgan fingerprint density at radius 2 is 1.68 bits per heavy atom. The fraction of sp³-hybridized carbons (Fsp3) is 0.250. The lowest BCUT2D eigenvalue weighted by Crippen LogP contribution is -2.27. The minimum absolute atomic E-state index is 0.0967. The summed E-state index contributed by atoms with van der Waals surface area (Å²) < 4.78 is 39.1. The summed E-state index contributed by atoms with van der Waals surface area (Å²) >= 11 is 0. The Hall–Kier alpha value is -1.76. The monoisotopic (exact) mass is 323 g/mol. The molecular weight excluding hydrogens is 305 g/mol. The van der Waals surface area contributed by atoms with Gasteiger partial charge in [0.25, 0.3) is 0 Å². The molecule has 2 rings (SSSR count). The number of hydrogen-bond acceptors (Lipinski definition) is 3. The molecule has 2 aromatic rings. The first-order chi connectivity index (χ1) is 10.5. The van der Waals surface area contributed by atoms with Crippen LogP contribution in [0, 0.1) is 5.82 Å². The minimum atomic E-state index is -3.44. The summed E-state index contributed by atoms with van der Waals surface area (Å²) in [6, 6.07) is 14.4. The highest BCUT2D eigenvalue weighted by atomic mass is 32.2. The number of aliphatic hydroxyl groups is 1. The predicted octanol–water partition coefficient (Wildman–Crippen LogP) is 2.37. The lowest BCUT2D eigenvalue weighted by atomic mass is 10.1. The molecule has 0 saturated carbocycles. The molecule has 0 amide bonds. The topological polar surface area (TPSA) is 66.4 Å². The van der Waals surface area contributed by atoms with Crippen molar-refractivity contribution in [3.05, 3.63) is 71.5 Å². The van der Waals surface area contributed by atoms with Gasteiger partial charge in [-0.2, -0.15) is 0 Å². The average molecular weight is 323 g/mol. The smallest absolute Gasteiger partial charge is 0.215 e. The van der Waals surface area contributed by atoms with Crippen LogP contribution < -0.4 is 4.72 Å². The summed E-state index contributed by atoms with van der Waals surface area (Å²) in [7, 11) is -3.44. The molecule has 0 aliphatic carbocycles. The maximum absolute atomic E-state index is 12.8. The fourth-order valence-corrected chi connectivity index (χ4v) is 3.21. The number of rotatable bonds is 7. The largest absolute Gasteiger partial charge is 0.388 e. The van der Waals surface area contributed by atoms with E-state index in [2.05, 4.69) is 4.72 Å². The molecule has 118 valence electrons. The van der Waals surface area contributed by atoms with E-state index < -0.39 is 16.1 Å². The van der Waals surface area contributed by atoms with Crippen molar-refractivity contribution < 1.29 is 17.9 Å². The van der Waals surface area contributed by atoms with E-state index in [1.807, 2.05) is 6.07 Å². The second-order valence-electron chi connectivity index (χ2n) is 5.00. The molecule has 0 aliphatic heterocycles. The van der Waals surface area contributed by atoms with E-state index in [1.165, 1.54) is 24.3 Å².